The van der Waals surface area contributed by atoms with E-state index in [2.05, 4.69) is 17.3 Å². The summed E-state index contributed by atoms with van der Waals surface area (Å²) < 4.78 is 5.32. The predicted octanol–water partition coefficient (Wildman–Crippen LogP) is 1.18. The molecule has 1 aromatic carbocycles. The third kappa shape index (κ3) is 5.02. The lowest BCUT2D eigenvalue weighted by Gasteiger charge is -2.18. The number of likely N-dealkylation sites (N-methyl/N-ethyl adjacent to an activating group) is 1. The maximum absolute atomic E-state index is 11.5. The smallest absolute Gasteiger partial charge is 0.234 e. The molecule has 0 bridgehead atoms. The van der Waals surface area contributed by atoms with Crippen molar-refractivity contribution >= 4 is 5.91 Å². The van der Waals surface area contributed by atoms with Gasteiger partial charge < -0.3 is 10.1 Å². The standard InChI is InChI=1S/C15H20N2O2/c1-5-8-16-15(18)11-17(3)10-13-9-12(2)6-7-14(13)19-4/h1,6-7,9H,8,10-11H2,2-4H3,(H,16,18). The van der Waals surface area contributed by atoms with Gasteiger partial charge in [-0.1, -0.05) is 23.6 Å². The van der Waals surface area contributed by atoms with Crippen molar-refractivity contribution in [1.82, 2.24) is 10.2 Å². The van der Waals surface area contributed by atoms with Gasteiger partial charge in [-0.3, -0.25) is 9.69 Å². The molecule has 0 aliphatic carbocycles. The summed E-state index contributed by atoms with van der Waals surface area (Å²) >= 11 is 0. The normalized spacial score (nSPS) is 10.1. The fraction of sp³-hybridized carbons (Fsp3) is 0.400. The minimum absolute atomic E-state index is 0.0768. The van der Waals surface area contributed by atoms with E-state index in [9.17, 15) is 4.79 Å². The summed E-state index contributed by atoms with van der Waals surface area (Å²) in [7, 11) is 3.53. The second-order valence-electron chi connectivity index (χ2n) is 4.47. The largest absolute Gasteiger partial charge is 0.496 e. The molecule has 19 heavy (non-hydrogen) atoms. The molecule has 0 fully saturated rings. The molecule has 0 atom stereocenters. The van der Waals surface area contributed by atoms with Crippen molar-refractivity contribution in [2.24, 2.45) is 0 Å². The zero-order valence-electron chi connectivity index (χ0n) is 11.7. The molecule has 0 aliphatic rings. The highest BCUT2D eigenvalue weighted by molar-refractivity contribution is 5.78. The summed E-state index contributed by atoms with van der Waals surface area (Å²) in [5.41, 5.74) is 2.23. The number of benzene rings is 1. The monoisotopic (exact) mass is 260 g/mol. The number of aryl methyl sites for hydroxylation is 1. The Morgan fingerprint density at radius 1 is 1.53 bits per heavy atom. The van der Waals surface area contributed by atoms with Gasteiger partial charge in [-0.15, -0.1) is 6.42 Å². The van der Waals surface area contributed by atoms with Crippen LogP contribution in [0.2, 0.25) is 0 Å². The van der Waals surface area contributed by atoms with E-state index in [1.165, 1.54) is 5.56 Å². The van der Waals surface area contributed by atoms with Crippen molar-refractivity contribution in [3.05, 3.63) is 29.3 Å². The highest BCUT2D eigenvalue weighted by Gasteiger charge is 2.09. The number of ether oxygens (including phenoxy) is 1. The molecule has 0 heterocycles. The highest BCUT2D eigenvalue weighted by Crippen LogP contribution is 2.20. The topological polar surface area (TPSA) is 41.6 Å². The number of nitrogens with one attached hydrogen (secondary N) is 1. The Kier molecular flexibility index (Phi) is 5.91. The van der Waals surface area contributed by atoms with Gasteiger partial charge in [0.15, 0.2) is 0 Å². The molecule has 102 valence electrons. The summed E-state index contributed by atoms with van der Waals surface area (Å²) in [6.45, 7) is 3.25. The van der Waals surface area contributed by atoms with Gasteiger partial charge in [0.05, 0.1) is 20.2 Å². The van der Waals surface area contributed by atoms with Crippen molar-refractivity contribution in [2.45, 2.75) is 13.5 Å². The van der Waals surface area contributed by atoms with Crippen molar-refractivity contribution in [3.63, 3.8) is 0 Å². The summed E-state index contributed by atoms with van der Waals surface area (Å²) in [6, 6.07) is 6.01. The van der Waals surface area contributed by atoms with Crippen LogP contribution in [0.3, 0.4) is 0 Å². The minimum Gasteiger partial charge on any atom is -0.496 e. The average molecular weight is 260 g/mol. The van der Waals surface area contributed by atoms with E-state index in [1.807, 2.05) is 31.0 Å². The number of hydrogen-bond acceptors (Lipinski definition) is 3. The lowest BCUT2D eigenvalue weighted by molar-refractivity contribution is -0.121. The molecule has 0 saturated heterocycles. The number of hydrogen-bond donors (Lipinski definition) is 1. The molecule has 0 aliphatic heterocycles. The van der Waals surface area contributed by atoms with Crippen LogP contribution in [-0.2, 0) is 11.3 Å². The van der Waals surface area contributed by atoms with E-state index in [1.54, 1.807) is 7.11 Å². The van der Waals surface area contributed by atoms with E-state index >= 15 is 0 Å². The molecule has 1 amide bonds. The molecule has 0 radical (unpaired) electrons. The zero-order chi connectivity index (χ0) is 14.3. The van der Waals surface area contributed by atoms with Gasteiger partial charge in [0.2, 0.25) is 5.91 Å². The van der Waals surface area contributed by atoms with Crippen molar-refractivity contribution < 1.29 is 9.53 Å². The van der Waals surface area contributed by atoms with E-state index in [4.69, 9.17) is 11.2 Å². The van der Waals surface area contributed by atoms with Crippen LogP contribution in [0.4, 0.5) is 0 Å². The first kappa shape index (κ1) is 15.1. The number of carbonyl (C=O) groups excluding carboxylic acids is 1. The molecule has 4 heteroatoms. The van der Waals surface area contributed by atoms with Crippen LogP contribution in [0, 0.1) is 19.3 Å². The summed E-state index contributed by atoms with van der Waals surface area (Å²) in [5.74, 6) is 3.13. The molecule has 1 rings (SSSR count). The van der Waals surface area contributed by atoms with E-state index < -0.39 is 0 Å². The quantitative estimate of drug-likeness (QED) is 0.781. The van der Waals surface area contributed by atoms with Crippen molar-refractivity contribution in [1.29, 1.82) is 0 Å². The predicted molar refractivity (Wildman–Crippen MR) is 75.9 cm³/mol. The maximum atomic E-state index is 11.5. The van der Waals surface area contributed by atoms with Crippen molar-refractivity contribution in [2.75, 3.05) is 27.2 Å². The first-order chi connectivity index (χ1) is 9.06. The number of amides is 1. The SMILES string of the molecule is C#CCNC(=O)CN(C)Cc1cc(C)ccc1OC. The summed E-state index contributed by atoms with van der Waals surface area (Å²) in [6.07, 6.45) is 5.09. The van der Waals surface area contributed by atoms with Crippen LogP contribution >= 0.6 is 0 Å². The highest BCUT2D eigenvalue weighted by atomic mass is 16.5. The minimum atomic E-state index is -0.0768. The summed E-state index contributed by atoms with van der Waals surface area (Å²) in [5, 5.41) is 2.64. The molecule has 0 aromatic heterocycles. The Morgan fingerprint density at radius 3 is 2.89 bits per heavy atom. The van der Waals surface area contributed by atoms with E-state index in [-0.39, 0.29) is 12.5 Å². The van der Waals surface area contributed by atoms with Gasteiger partial charge in [0.1, 0.15) is 5.75 Å². The Morgan fingerprint density at radius 2 is 2.26 bits per heavy atom. The van der Waals surface area contributed by atoms with Gasteiger partial charge in [0, 0.05) is 12.1 Å². The Hall–Kier alpha value is -1.99. The molecule has 0 unspecified atom stereocenters. The van der Waals surface area contributed by atoms with Gasteiger partial charge in [-0.05, 0) is 20.0 Å². The third-order valence-electron chi connectivity index (χ3n) is 2.68. The number of carbonyl (C=O) groups is 1. The molecular weight excluding hydrogens is 240 g/mol. The lowest BCUT2D eigenvalue weighted by atomic mass is 10.1. The molecule has 0 spiro atoms. The Balaban J connectivity index is 2.61. The van der Waals surface area contributed by atoms with Crippen LogP contribution in [0.5, 0.6) is 5.75 Å². The lowest BCUT2D eigenvalue weighted by Crippen LogP contribution is -2.35. The molecule has 0 saturated carbocycles. The van der Waals surface area contributed by atoms with E-state index in [0.717, 1.165) is 11.3 Å². The van der Waals surface area contributed by atoms with Crippen LogP contribution < -0.4 is 10.1 Å². The fourth-order valence-electron chi connectivity index (χ4n) is 1.83. The number of methoxy groups -OCH3 is 1. The van der Waals surface area contributed by atoms with Crippen LogP contribution in [0.15, 0.2) is 18.2 Å². The van der Waals surface area contributed by atoms with Gasteiger partial charge in [0.25, 0.3) is 0 Å². The zero-order valence-corrected chi connectivity index (χ0v) is 11.7. The van der Waals surface area contributed by atoms with Crippen molar-refractivity contribution in [3.8, 4) is 18.1 Å². The molecule has 4 nitrogen and oxygen atoms in total. The van der Waals surface area contributed by atoms with Crippen LogP contribution in [-0.4, -0.2) is 38.1 Å². The first-order valence-electron chi connectivity index (χ1n) is 6.09. The van der Waals surface area contributed by atoms with Gasteiger partial charge >= 0.3 is 0 Å². The maximum Gasteiger partial charge on any atom is 0.234 e. The fourth-order valence-corrected chi connectivity index (χ4v) is 1.83. The second-order valence-corrected chi connectivity index (χ2v) is 4.47. The number of nitrogens with zero attached hydrogens (tertiary/aromatic N) is 1. The Bertz CT molecular complexity index is 478. The molecular formula is C15H20N2O2. The van der Waals surface area contributed by atoms with E-state index in [0.29, 0.717) is 13.1 Å². The summed E-state index contributed by atoms with van der Waals surface area (Å²) in [4.78, 5) is 13.5. The number of terminal acetylenes is 1. The molecule has 1 N–H and O–H groups in total. The molecule has 1 aromatic rings. The van der Waals surface area contributed by atoms with Gasteiger partial charge in [-0.25, -0.2) is 0 Å². The second kappa shape index (κ2) is 7.45. The third-order valence-corrected chi connectivity index (χ3v) is 2.68. The van der Waals surface area contributed by atoms with Crippen LogP contribution in [0.1, 0.15) is 11.1 Å². The Labute approximate surface area is 114 Å². The van der Waals surface area contributed by atoms with Crippen LogP contribution in [0.25, 0.3) is 0 Å². The van der Waals surface area contributed by atoms with Gasteiger partial charge in [-0.2, -0.15) is 0 Å². The average Bonchev–Trinajstić information content (AvgIpc) is 2.36. The number of rotatable bonds is 6. The first-order valence-corrected chi connectivity index (χ1v) is 6.09.